The van der Waals surface area contributed by atoms with Crippen molar-refractivity contribution >= 4 is 11.8 Å². The van der Waals surface area contributed by atoms with Gasteiger partial charge in [-0.3, -0.25) is 4.90 Å². The standard InChI is InChI=1S/C26H35N5O3/c1-19-16-31(17-20(2)34-19)25-6-4-22(14-27-25)15-28-26(32)30-10-8-29(9-11-30)18-21-3-5-24-23(13-21)7-12-33-24/h3-6,13-14,19-20H,7-12,15-18H2,1-2H3,(H,28,32). The lowest BCUT2D eigenvalue weighted by Gasteiger charge is -2.36. The molecule has 0 aliphatic carbocycles. The van der Waals surface area contributed by atoms with Gasteiger partial charge in [0.1, 0.15) is 11.6 Å². The number of amides is 2. The van der Waals surface area contributed by atoms with E-state index in [1.807, 2.05) is 23.2 Å². The van der Waals surface area contributed by atoms with Gasteiger partial charge in [0.25, 0.3) is 0 Å². The Labute approximate surface area is 201 Å². The summed E-state index contributed by atoms with van der Waals surface area (Å²) in [7, 11) is 0. The van der Waals surface area contributed by atoms with Crippen LogP contribution in [-0.4, -0.2) is 78.9 Å². The second-order valence-electron chi connectivity index (χ2n) is 9.65. The quantitative estimate of drug-likeness (QED) is 0.732. The fourth-order valence-electron chi connectivity index (χ4n) is 5.07. The van der Waals surface area contributed by atoms with Crippen LogP contribution in [0.3, 0.4) is 0 Å². The third kappa shape index (κ3) is 5.45. The van der Waals surface area contributed by atoms with Crippen LogP contribution in [0.15, 0.2) is 36.5 Å². The number of rotatable bonds is 5. The predicted molar refractivity (Wildman–Crippen MR) is 131 cm³/mol. The zero-order valence-corrected chi connectivity index (χ0v) is 20.2. The van der Waals surface area contributed by atoms with E-state index in [-0.39, 0.29) is 18.2 Å². The summed E-state index contributed by atoms with van der Waals surface area (Å²) >= 11 is 0. The van der Waals surface area contributed by atoms with Crippen LogP contribution < -0.4 is 15.0 Å². The summed E-state index contributed by atoms with van der Waals surface area (Å²) in [4.78, 5) is 23.9. The first-order chi connectivity index (χ1) is 16.5. The molecule has 1 aromatic carbocycles. The molecule has 1 aromatic heterocycles. The largest absolute Gasteiger partial charge is 0.493 e. The average molecular weight is 466 g/mol. The van der Waals surface area contributed by atoms with Gasteiger partial charge in [-0.2, -0.15) is 0 Å². The van der Waals surface area contributed by atoms with E-state index in [1.165, 1.54) is 11.1 Å². The Morgan fingerprint density at radius 1 is 1.06 bits per heavy atom. The van der Waals surface area contributed by atoms with E-state index in [1.54, 1.807) is 0 Å². The van der Waals surface area contributed by atoms with Gasteiger partial charge in [-0.05, 0) is 42.7 Å². The third-order valence-corrected chi connectivity index (χ3v) is 6.82. The van der Waals surface area contributed by atoms with Crippen molar-refractivity contribution in [2.75, 3.05) is 50.8 Å². The number of carbonyl (C=O) groups excluding carboxylic acids is 1. The number of piperazine rings is 1. The van der Waals surface area contributed by atoms with Crippen molar-refractivity contribution in [1.82, 2.24) is 20.1 Å². The van der Waals surface area contributed by atoms with E-state index in [0.29, 0.717) is 6.54 Å². The highest BCUT2D eigenvalue weighted by Gasteiger charge is 2.24. The molecular formula is C26H35N5O3. The van der Waals surface area contributed by atoms with E-state index in [2.05, 4.69) is 52.1 Å². The molecule has 8 heteroatoms. The minimum Gasteiger partial charge on any atom is -0.493 e. The average Bonchev–Trinajstić information content (AvgIpc) is 3.31. The molecule has 34 heavy (non-hydrogen) atoms. The fourth-order valence-corrected chi connectivity index (χ4v) is 5.07. The molecule has 2 aromatic rings. The minimum absolute atomic E-state index is 0.00534. The molecule has 1 N–H and O–H groups in total. The lowest BCUT2D eigenvalue weighted by Crippen LogP contribution is -2.51. The number of hydrogen-bond acceptors (Lipinski definition) is 6. The van der Waals surface area contributed by atoms with Gasteiger partial charge in [0.15, 0.2) is 0 Å². The van der Waals surface area contributed by atoms with Gasteiger partial charge in [-0.1, -0.05) is 18.2 Å². The molecule has 0 spiro atoms. The molecule has 2 amide bonds. The first-order valence-corrected chi connectivity index (χ1v) is 12.4. The first-order valence-electron chi connectivity index (χ1n) is 12.4. The molecule has 0 saturated carbocycles. The van der Waals surface area contributed by atoms with Crippen LogP contribution in [0.5, 0.6) is 5.75 Å². The number of carbonyl (C=O) groups is 1. The normalized spacial score (nSPS) is 22.9. The number of urea groups is 1. The summed E-state index contributed by atoms with van der Waals surface area (Å²) in [6, 6.07) is 10.6. The van der Waals surface area contributed by atoms with E-state index in [4.69, 9.17) is 9.47 Å². The number of aromatic nitrogens is 1. The first kappa shape index (κ1) is 22.9. The van der Waals surface area contributed by atoms with Crippen molar-refractivity contribution in [3.8, 4) is 5.75 Å². The van der Waals surface area contributed by atoms with Gasteiger partial charge in [0.05, 0.1) is 18.8 Å². The highest BCUT2D eigenvalue weighted by atomic mass is 16.5. The number of anilines is 1. The number of morpholine rings is 1. The lowest BCUT2D eigenvalue weighted by atomic mass is 10.1. The highest BCUT2D eigenvalue weighted by molar-refractivity contribution is 5.74. The van der Waals surface area contributed by atoms with Crippen molar-refractivity contribution in [2.24, 2.45) is 0 Å². The van der Waals surface area contributed by atoms with Crippen LogP contribution in [0.1, 0.15) is 30.5 Å². The third-order valence-electron chi connectivity index (χ3n) is 6.82. The van der Waals surface area contributed by atoms with Gasteiger partial charge < -0.3 is 24.6 Å². The number of nitrogens with one attached hydrogen (secondary N) is 1. The molecule has 3 aliphatic rings. The summed E-state index contributed by atoms with van der Waals surface area (Å²) in [5, 5.41) is 3.06. The Balaban J connectivity index is 1.06. The number of pyridine rings is 1. The minimum atomic E-state index is -0.00534. The SMILES string of the molecule is CC1CN(c2ccc(CNC(=O)N3CCN(Cc4ccc5c(c4)CCO5)CC3)cn2)CC(C)O1. The van der Waals surface area contributed by atoms with Crippen molar-refractivity contribution in [2.45, 2.75) is 45.6 Å². The summed E-state index contributed by atoms with van der Waals surface area (Å²) < 4.78 is 11.4. The molecule has 2 atom stereocenters. The van der Waals surface area contributed by atoms with E-state index in [0.717, 1.165) is 76.0 Å². The molecular weight excluding hydrogens is 430 g/mol. The Hall–Kier alpha value is -2.84. The van der Waals surface area contributed by atoms with Crippen LogP contribution in [0, 0.1) is 0 Å². The van der Waals surface area contributed by atoms with E-state index in [9.17, 15) is 4.79 Å². The predicted octanol–water partition coefficient (Wildman–Crippen LogP) is 2.66. The number of benzene rings is 1. The van der Waals surface area contributed by atoms with Gasteiger partial charge in [-0.15, -0.1) is 0 Å². The second-order valence-corrected chi connectivity index (χ2v) is 9.65. The number of fused-ring (bicyclic) bond motifs is 1. The molecule has 3 aliphatic heterocycles. The van der Waals surface area contributed by atoms with Gasteiger partial charge in [0.2, 0.25) is 0 Å². The van der Waals surface area contributed by atoms with Crippen LogP contribution in [-0.2, 0) is 24.2 Å². The molecule has 8 nitrogen and oxygen atoms in total. The van der Waals surface area contributed by atoms with E-state index >= 15 is 0 Å². The summed E-state index contributed by atoms with van der Waals surface area (Å²) in [5.74, 6) is 1.99. The fraction of sp³-hybridized carbons (Fsp3) is 0.538. The summed E-state index contributed by atoms with van der Waals surface area (Å²) in [5.41, 5.74) is 3.64. The van der Waals surface area contributed by atoms with E-state index < -0.39 is 0 Å². The van der Waals surface area contributed by atoms with Crippen molar-refractivity contribution in [3.05, 3.63) is 53.2 Å². The number of nitrogens with zero attached hydrogens (tertiary/aromatic N) is 4. The maximum absolute atomic E-state index is 12.7. The molecule has 0 bridgehead atoms. The summed E-state index contributed by atoms with van der Waals surface area (Å²) in [6.45, 7) is 11.3. The Kier molecular flexibility index (Phi) is 6.87. The molecule has 0 radical (unpaired) electrons. The smallest absolute Gasteiger partial charge is 0.317 e. The van der Waals surface area contributed by atoms with Crippen LogP contribution in [0.25, 0.3) is 0 Å². The zero-order chi connectivity index (χ0) is 23.5. The van der Waals surface area contributed by atoms with Crippen LogP contribution in [0.4, 0.5) is 10.6 Å². The zero-order valence-electron chi connectivity index (χ0n) is 20.2. The molecule has 2 fully saturated rings. The maximum atomic E-state index is 12.7. The molecule has 5 rings (SSSR count). The Morgan fingerprint density at radius 2 is 1.82 bits per heavy atom. The highest BCUT2D eigenvalue weighted by Crippen LogP contribution is 2.26. The second kappa shape index (κ2) is 10.2. The molecule has 2 saturated heterocycles. The molecule has 182 valence electrons. The van der Waals surface area contributed by atoms with Crippen LogP contribution in [0.2, 0.25) is 0 Å². The Bertz CT molecular complexity index is 980. The maximum Gasteiger partial charge on any atom is 0.317 e. The lowest BCUT2D eigenvalue weighted by molar-refractivity contribution is -0.00546. The monoisotopic (exact) mass is 465 g/mol. The Morgan fingerprint density at radius 3 is 2.56 bits per heavy atom. The molecule has 2 unspecified atom stereocenters. The van der Waals surface area contributed by atoms with Crippen molar-refractivity contribution in [1.29, 1.82) is 0 Å². The van der Waals surface area contributed by atoms with Gasteiger partial charge in [0, 0.05) is 65.0 Å². The topological polar surface area (TPSA) is 70.2 Å². The summed E-state index contributed by atoms with van der Waals surface area (Å²) in [6.07, 6.45) is 3.27. The number of ether oxygens (including phenoxy) is 2. The molecule has 4 heterocycles. The van der Waals surface area contributed by atoms with Gasteiger partial charge in [-0.25, -0.2) is 9.78 Å². The van der Waals surface area contributed by atoms with Crippen LogP contribution >= 0.6 is 0 Å². The van der Waals surface area contributed by atoms with Crippen molar-refractivity contribution < 1.29 is 14.3 Å². The van der Waals surface area contributed by atoms with Gasteiger partial charge >= 0.3 is 6.03 Å². The number of hydrogen-bond donors (Lipinski definition) is 1. The van der Waals surface area contributed by atoms with Crippen molar-refractivity contribution in [3.63, 3.8) is 0 Å².